The number of nitrogens with one attached hydrogen (secondary N) is 1. The quantitative estimate of drug-likeness (QED) is 0.754. The van der Waals surface area contributed by atoms with Crippen molar-refractivity contribution in [3.8, 4) is 0 Å². The van der Waals surface area contributed by atoms with E-state index in [9.17, 15) is 9.90 Å². The van der Waals surface area contributed by atoms with Crippen LogP contribution in [-0.2, 0) is 4.79 Å². The normalized spacial score (nSPS) is 13.9. The molecule has 0 aliphatic carbocycles. The maximum absolute atomic E-state index is 11.6. The first-order valence-electron chi connectivity index (χ1n) is 5.94. The van der Waals surface area contributed by atoms with Gasteiger partial charge in [0, 0.05) is 23.2 Å². The van der Waals surface area contributed by atoms with Crippen LogP contribution in [-0.4, -0.2) is 29.3 Å². The zero-order valence-corrected chi connectivity index (χ0v) is 12.1. The Morgan fingerprint density at radius 3 is 2.42 bits per heavy atom. The molecule has 6 heteroatoms. The van der Waals surface area contributed by atoms with Gasteiger partial charge in [0.05, 0.1) is 12.5 Å². The Morgan fingerprint density at radius 2 is 1.89 bits per heavy atom. The van der Waals surface area contributed by atoms with Gasteiger partial charge in [0.2, 0.25) is 5.91 Å². The van der Waals surface area contributed by atoms with Gasteiger partial charge in [-0.25, -0.2) is 0 Å². The minimum absolute atomic E-state index is 0.00668. The lowest BCUT2D eigenvalue weighted by atomic mass is 10.1. The molecule has 1 rings (SSSR count). The van der Waals surface area contributed by atoms with Crippen LogP contribution in [0.25, 0.3) is 0 Å². The van der Waals surface area contributed by atoms with Crippen LogP contribution in [0.2, 0.25) is 10.0 Å². The fourth-order valence-electron chi connectivity index (χ4n) is 1.49. The molecule has 19 heavy (non-hydrogen) atoms. The molecule has 2 atom stereocenters. The average molecular weight is 306 g/mol. The van der Waals surface area contributed by atoms with Gasteiger partial charge in [-0.15, -0.1) is 0 Å². The highest BCUT2D eigenvalue weighted by Crippen LogP contribution is 2.25. The van der Waals surface area contributed by atoms with Crippen LogP contribution in [0.1, 0.15) is 25.0 Å². The smallest absolute Gasteiger partial charge is 0.222 e. The molecular weight excluding hydrogens is 289 g/mol. The Hall–Kier alpha value is -0.810. The van der Waals surface area contributed by atoms with E-state index < -0.39 is 6.10 Å². The monoisotopic (exact) mass is 305 g/mol. The highest BCUT2D eigenvalue weighted by molar-refractivity contribution is 6.34. The summed E-state index contributed by atoms with van der Waals surface area (Å²) in [5.74, 6) is -0.300. The van der Waals surface area contributed by atoms with E-state index in [1.54, 1.807) is 18.2 Å². The second-order valence-electron chi connectivity index (χ2n) is 4.51. The van der Waals surface area contributed by atoms with Gasteiger partial charge in [-0.2, -0.15) is 0 Å². The molecular formula is C13H17Cl2NO3. The van der Waals surface area contributed by atoms with Gasteiger partial charge in [-0.1, -0.05) is 30.1 Å². The molecule has 106 valence electrons. The van der Waals surface area contributed by atoms with Crippen molar-refractivity contribution in [3.05, 3.63) is 33.8 Å². The molecule has 0 radical (unpaired) electrons. The van der Waals surface area contributed by atoms with Gasteiger partial charge in [0.15, 0.2) is 0 Å². The molecule has 1 aromatic rings. The summed E-state index contributed by atoms with van der Waals surface area (Å²) in [5, 5.41) is 22.2. The molecule has 0 saturated carbocycles. The van der Waals surface area contributed by atoms with E-state index in [1.807, 2.05) is 6.92 Å². The molecule has 0 aromatic heterocycles. The predicted molar refractivity (Wildman–Crippen MR) is 75.3 cm³/mol. The van der Waals surface area contributed by atoms with E-state index >= 15 is 0 Å². The van der Waals surface area contributed by atoms with Gasteiger partial charge in [0.25, 0.3) is 0 Å². The Kier molecular flexibility index (Phi) is 6.58. The number of rotatable bonds is 6. The van der Waals surface area contributed by atoms with E-state index in [1.165, 1.54) is 0 Å². The van der Waals surface area contributed by atoms with Crippen molar-refractivity contribution < 1.29 is 15.0 Å². The number of carbonyl (C=O) groups excluding carboxylic acids is 1. The largest absolute Gasteiger partial charge is 0.396 e. The van der Waals surface area contributed by atoms with Crippen LogP contribution < -0.4 is 5.32 Å². The zero-order valence-electron chi connectivity index (χ0n) is 10.6. The first-order chi connectivity index (χ1) is 8.92. The summed E-state index contributed by atoms with van der Waals surface area (Å²) in [6, 6.07) is 4.70. The summed E-state index contributed by atoms with van der Waals surface area (Å²) < 4.78 is 0. The third-order valence-electron chi connectivity index (χ3n) is 2.61. The van der Waals surface area contributed by atoms with E-state index in [-0.39, 0.29) is 24.9 Å². The van der Waals surface area contributed by atoms with Crippen molar-refractivity contribution in [1.82, 2.24) is 5.32 Å². The van der Waals surface area contributed by atoms with Crippen molar-refractivity contribution in [2.24, 2.45) is 5.92 Å². The minimum Gasteiger partial charge on any atom is -0.396 e. The first kappa shape index (κ1) is 16.2. The zero-order chi connectivity index (χ0) is 14.4. The van der Waals surface area contributed by atoms with Crippen molar-refractivity contribution in [2.45, 2.75) is 19.4 Å². The Bertz CT molecular complexity index is 420. The van der Waals surface area contributed by atoms with Crippen molar-refractivity contribution in [3.63, 3.8) is 0 Å². The SMILES string of the molecule is CC(CO)CNC(=O)CC(O)c1cc(Cl)cc(Cl)c1. The maximum atomic E-state index is 11.6. The van der Waals surface area contributed by atoms with Gasteiger partial charge in [0.1, 0.15) is 0 Å². The van der Waals surface area contributed by atoms with Crippen LogP contribution in [0.3, 0.4) is 0 Å². The Morgan fingerprint density at radius 1 is 1.32 bits per heavy atom. The summed E-state index contributed by atoms with van der Waals surface area (Å²) in [6.45, 7) is 2.19. The van der Waals surface area contributed by atoms with Crippen LogP contribution in [0.4, 0.5) is 0 Å². The van der Waals surface area contributed by atoms with Crippen LogP contribution in [0.15, 0.2) is 18.2 Å². The Balaban J connectivity index is 2.54. The molecule has 0 bridgehead atoms. The first-order valence-corrected chi connectivity index (χ1v) is 6.69. The molecule has 2 unspecified atom stereocenters. The topological polar surface area (TPSA) is 69.6 Å². The highest BCUT2D eigenvalue weighted by atomic mass is 35.5. The van der Waals surface area contributed by atoms with E-state index in [2.05, 4.69) is 5.32 Å². The fourth-order valence-corrected chi connectivity index (χ4v) is 2.03. The van der Waals surface area contributed by atoms with Gasteiger partial charge in [-0.3, -0.25) is 4.79 Å². The van der Waals surface area contributed by atoms with Crippen molar-refractivity contribution in [2.75, 3.05) is 13.2 Å². The van der Waals surface area contributed by atoms with Crippen LogP contribution in [0, 0.1) is 5.92 Å². The van der Waals surface area contributed by atoms with E-state index in [0.717, 1.165) is 0 Å². The van der Waals surface area contributed by atoms with Gasteiger partial charge < -0.3 is 15.5 Å². The molecule has 3 N–H and O–H groups in total. The standard InChI is InChI=1S/C13H17Cl2NO3/c1-8(7-17)6-16-13(19)5-12(18)9-2-10(14)4-11(15)3-9/h2-4,8,12,17-18H,5-7H2,1H3,(H,16,19). The fraction of sp³-hybridized carbons (Fsp3) is 0.462. The number of carbonyl (C=O) groups is 1. The third-order valence-corrected chi connectivity index (χ3v) is 3.04. The predicted octanol–water partition coefficient (Wildman–Crippen LogP) is 2.16. The summed E-state index contributed by atoms with van der Waals surface area (Å²) in [4.78, 5) is 11.6. The van der Waals surface area contributed by atoms with E-state index in [0.29, 0.717) is 22.2 Å². The maximum Gasteiger partial charge on any atom is 0.222 e. The van der Waals surface area contributed by atoms with Gasteiger partial charge in [-0.05, 0) is 29.7 Å². The number of aliphatic hydroxyl groups excluding tert-OH is 2. The number of hydrogen-bond acceptors (Lipinski definition) is 3. The third kappa shape index (κ3) is 5.78. The molecule has 0 aliphatic rings. The summed E-state index contributed by atoms with van der Waals surface area (Å²) in [7, 11) is 0. The number of amides is 1. The highest BCUT2D eigenvalue weighted by Gasteiger charge is 2.14. The summed E-state index contributed by atoms with van der Waals surface area (Å²) in [5.41, 5.74) is 0.503. The van der Waals surface area contributed by atoms with Crippen LogP contribution in [0.5, 0.6) is 0 Å². The lowest BCUT2D eigenvalue weighted by Gasteiger charge is -2.13. The number of benzene rings is 1. The van der Waals surface area contributed by atoms with Gasteiger partial charge >= 0.3 is 0 Å². The molecule has 0 spiro atoms. The minimum atomic E-state index is -0.958. The molecule has 0 saturated heterocycles. The second-order valence-corrected chi connectivity index (χ2v) is 5.39. The van der Waals surface area contributed by atoms with Crippen LogP contribution >= 0.6 is 23.2 Å². The van der Waals surface area contributed by atoms with Crippen molar-refractivity contribution >= 4 is 29.1 Å². The number of aliphatic hydroxyl groups is 2. The Labute approximate surface area is 122 Å². The molecule has 0 fully saturated rings. The number of halogens is 2. The summed E-state index contributed by atoms with van der Waals surface area (Å²) >= 11 is 11.7. The summed E-state index contributed by atoms with van der Waals surface area (Å²) in [6.07, 6.45) is -1.03. The van der Waals surface area contributed by atoms with E-state index in [4.69, 9.17) is 28.3 Å². The lowest BCUT2D eigenvalue weighted by molar-refractivity contribution is -0.123. The molecule has 1 aromatic carbocycles. The second kappa shape index (κ2) is 7.70. The van der Waals surface area contributed by atoms with Crippen molar-refractivity contribution in [1.29, 1.82) is 0 Å². The molecule has 0 heterocycles. The lowest BCUT2D eigenvalue weighted by Crippen LogP contribution is -2.30. The average Bonchev–Trinajstić information content (AvgIpc) is 2.34. The molecule has 4 nitrogen and oxygen atoms in total. The molecule has 0 aliphatic heterocycles. The molecule has 1 amide bonds. The number of hydrogen-bond donors (Lipinski definition) is 3.